The van der Waals surface area contributed by atoms with Gasteiger partial charge < -0.3 is 10.0 Å². The number of benzene rings is 1. The van der Waals surface area contributed by atoms with Gasteiger partial charge in [-0.2, -0.15) is 0 Å². The first-order chi connectivity index (χ1) is 8.99. The van der Waals surface area contributed by atoms with Gasteiger partial charge in [0.05, 0.1) is 17.5 Å². The van der Waals surface area contributed by atoms with Gasteiger partial charge in [0.1, 0.15) is 0 Å². The zero-order chi connectivity index (χ0) is 13.9. The lowest BCUT2D eigenvalue weighted by molar-refractivity contribution is -0.129. The number of β-amino-alcohol motifs (C(OH)–C–C–N with tert-alkyl or cyclic N) is 1. The third-order valence-electron chi connectivity index (χ3n) is 2.98. The SMILES string of the molecule is O=C(CNS(=O)(=O)c1ccccc1)N1CCC(O)C1. The molecule has 0 aromatic heterocycles. The third-order valence-corrected chi connectivity index (χ3v) is 4.40. The molecule has 1 aliphatic heterocycles. The summed E-state index contributed by atoms with van der Waals surface area (Å²) in [4.78, 5) is 13.3. The lowest BCUT2D eigenvalue weighted by Crippen LogP contribution is -2.39. The molecule has 1 unspecified atom stereocenters. The summed E-state index contributed by atoms with van der Waals surface area (Å²) in [5.41, 5.74) is 0. The first kappa shape index (κ1) is 14.0. The number of sulfonamides is 1. The Morgan fingerprint density at radius 3 is 2.63 bits per heavy atom. The predicted molar refractivity (Wildman–Crippen MR) is 68.8 cm³/mol. The van der Waals surface area contributed by atoms with Crippen LogP contribution in [0.1, 0.15) is 6.42 Å². The van der Waals surface area contributed by atoms with Crippen molar-refractivity contribution in [3.63, 3.8) is 0 Å². The maximum absolute atomic E-state index is 11.9. The van der Waals surface area contributed by atoms with Crippen LogP contribution in [0.4, 0.5) is 0 Å². The molecule has 1 aliphatic rings. The van der Waals surface area contributed by atoms with Crippen LogP contribution < -0.4 is 4.72 Å². The molecule has 19 heavy (non-hydrogen) atoms. The van der Waals surface area contributed by atoms with E-state index in [-0.39, 0.29) is 23.9 Å². The van der Waals surface area contributed by atoms with Crippen molar-refractivity contribution < 1.29 is 18.3 Å². The standard InChI is InChI=1S/C12H16N2O4S/c15-10-6-7-14(9-10)12(16)8-13-19(17,18)11-4-2-1-3-5-11/h1-5,10,13,15H,6-9H2. The minimum absolute atomic E-state index is 0.129. The lowest BCUT2D eigenvalue weighted by Gasteiger charge is -2.15. The van der Waals surface area contributed by atoms with Gasteiger partial charge >= 0.3 is 0 Å². The highest BCUT2D eigenvalue weighted by atomic mass is 32.2. The summed E-state index contributed by atoms with van der Waals surface area (Å²) < 4.78 is 26.0. The van der Waals surface area contributed by atoms with Crippen molar-refractivity contribution in [2.45, 2.75) is 17.4 Å². The second-order valence-corrected chi connectivity index (χ2v) is 6.19. The number of rotatable bonds is 4. The zero-order valence-electron chi connectivity index (χ0n) is 10.3. The van der Waals surface area contributed by atoms with Crippen LogP contribution in [0, 0.1) is 0 Å². The van der Waals surface area contributed by atoms with Crippen LogP contribution in [0.3, 0.4) is 0 Å². The molecule has 0 spiro atoms. The minimum atomic E-state index is -3.66. The van der Waals surface area contributed by atoms with Crippen molar-refractivity contribution in [3.05, 3.63) is 30.3 Å². The van der Waals surface area contributed by atoms with Crippen LogP contribution in [0.2, 0.25) is 0 Å². The molecule has 0 aliphatic carbocycles. The lowest BCUT2D eigenvalue weighted by atomic mass is 10.3. The van der Waals surface area contributed by atoms with Gasteiger partial charge in [-0.3, -0.25) is 4.79 Å². The van der Waals surface area contributed by atoms with E-state index in [1.54, 1.807) is 18.2 Å². The van der Waals surface area contributed by atoms with Crippen molar-refractivity contribution in [3.8, 4) is 0 Å². The summed E-state index contributed by atoms with van der Waals surface area (Å²) in [7, 11) is -3.66. The highest BCUT2D eigenvalue weighted by Gasteiger charge is 2.25. The fourth-order valence-corrected chi connectivity index (χ4v) is 2.92. The van der Waals surface area contributed by atoms with E-state index in [0.717, 1.165) is 0 Å². The third kappa shape index (κ3) is 3.52. The molecular weight excluding hydrogens is 268 g/mol. The van der Waals surface area contributed by atoms with Gasteiger partial charge in [0, 0.05) is 13.1 Å². The average molecular weight is 284 g/mol. The maximum Gasteiger partial charge on any atom is 0.241 e. The van der Waals surface area contributed by atoms with Crippen molar-refractivity contribution in [1.82, 2.24) is 9.62 Å². The number of carbonyl (C=O) groups excluding carboxylic acids is 1. The van der Waals surface area contributed by atoms with E-state index in [0.29, 0.717) is 13.0 Å². The van der Waals surface area contributed by atoms with Gasteiger partial charge in [0.2, 0.25) is 15.9 Å². The Kier molecular flexibility index (Phi) is 4.18. The normalized spacial score (nSPS) is 19.6. The molecule has 1 atom stereocenters. The Morgan fingerprint density at radius 2 is 2.05 bits per heavy atom. The highest BCUT2D eigenvalue weighted by molar-refractivity contribution is 7.89. The summed E-state index contributed by atoms with van der Waals surface area (Å²) in [6.07, 6.45) is 0.0339. The molecule has 1 aromatic rings. The van der Waals surface area contributed by atoms with Gasteiger partial charge in [-0.05, 0) is 18.6 Å². The Bertz CT molecular complexity index is 544. The molecule has 104 valence electrons. The summed E-state index contributed by atoms with van der Waals surface area (Å²) >= 11 is 0. The molecular formula is C12H16N2O4S. The Balaban J connectivity index is 1.93. The van der Waals surface area contributed by atoms with Crippen LogP contribution in [0.15, 0.2) is 35.2 Å². The van der Waals surface area contributed by atoms with E-state index in [4.69, 9.17) is 0 Å². The maximum atomic E-state index is 11.9. The quantitative estimate of drug-likeness (QED) is 0.784. The van der Waals surface area contributed by atoms with Crippen molar-refractivity contribution in [1.29, 1.82) is 0 Å². The molecule has 1 fully saturated rings. The van der Waals surface area contributed by atoms with Crippen LogP contribution in [-0.4, -0.2) is 50.1 Å². The van der Waals surface area contributed by atoms with Crippen LogP contribution in [0.25, 0.3) is 0 Å². The molecule has 1 amide bonds. The Labute approximate surface area is 112 Å². The second-order valence-electron chi connectivity index (χ2n) is 4.42. The van der Waals surface area contributed by atoms with E-state index in [1.165, 1.54) is 17.0 Å². The minimum Gasteiger partial charge on any atom is -0.391 e. The summed E-state index contributed by atoms with van der Waals surface area (Å²) in [6, 6.07) is 7.88. The fourth-order valence-electron chi connectivity index (χ4n) is 1.92. The number of aliphatic hydroxyl groups excluding tert-OH is 1. The predicted octanol–water partition coefficient (Wildman–Crippen LogP) is -0.442. The molecule has 7 heteroatoms. The molecule has 2 rings (SSSR count). The van der Waals surface area contributed by atoms with Crippen molar-refractivity contribution in [2.24, 2.45) is 0 Å². The van der Waals surface area contributed by atoms with Crippen molar-refractivity contribution in [2.75, 3.05) is 19.6 Å². The van der Waals surface area contributed by atoms with Crippen molar-refractivity contribution >= 4 is 15.9 Å². The first-order valence-corrected chi connectivity index (χ1v) is 7.48. The number of likely N-dealkylation sites (tertiary alicyclic amines) is 1. The van der Waals surface area contributed by atoms with Crippen LogP contribution in [-0.2, 0) is 14.8 Å². The number of amides is 1. The number of hydrogen-bond donors (Lipinski definition) is 2. The van der Waals surface area contributed by atoms with Gasteiger partial charge in [-0.15, -0.1) is 0 Å². The molecule has 0 saturated carbocycles. The van der Waals surface area contributed by atoms with E-state index in [9.17, 15) is 18.3 Å². The molecule has 1 saturated heterocycles. The number of aliphatic hydroxyl groups is 1. The largest absolute Gasteiger partial charge is 0.391 e. The number of carbonyl (C=O) groups is 1. The van der Waals surface area contributed by atoms with Crippen LogP contribution >= 0.6 is 0 Å². The zero-order valence-corrected chi connectivity index (χ0v) is 11.1. The van der Waals surface area contributed by atoms with Gasteiger partial charge in [-0.25, -0.2) is 13.1 Å². The second kappa shape index (κ2) is 5.68. The summed E-state index contributed by atoms with van der Waals surface area (Å²) in [5, 5.41) is 9.32. The monoisotopic (exact) mass is 284 g/mol. The highest BCUT2D eigenvalue weighted by Crippen LogP contribution is 2.10. The van der Waals surface area contributed by atoms with E-state index in [2.05, 4.69) is 4.72 Å². The van der Waals surface area contributed by atoms with Gasteiger partial charge in [-0.1, -0.05) is 18.2 Å². The smallest absolute Gasteiger partial charge is 0.241 e. The average Bonchev–Trinajstić information content (AvgIpc) is 2.84. The van der Waals surface area contributed by atoms with E-state index in [1.807, 2.05) is 0 Å². The first-order valence-electron chi connectivity index (χ1n) is 5.99. The van der Waals surface area contributed by atoms with E-state index >= 15 is 0 Å². The molecule has 1 heterocycles. The Hall–Kier alpha value is -1.44. The summed E-state index contributed by atoms with van der Waals surface area (Å²) in [6.45, 7) is 0.447. The van der Waals surface area contributed by atoms with Gasteiger partial charge in [0.15, 0.2) is 0 Å². The fraction of sp³-hybridized carbons (Fsp3) is 0.417. The number of nitrogens with one attached hydrogen (secondary N) is 1. The molecule has 1 aromatic carbocycles. The van der Waals surface area contributed by atoms with E-state index < -0.39 is 16.1 Å². The number of nitrogens with zero attached hydrogens (tertiary/aromatic N) is 1. The topological polar surface area (TPSA) is 86.7 Å². The molecule has 2 N–H and O–H groups in total. The molecule has 6 nitrogen and oxygen atoms in total. The summed E-state index contributed by atoms with van der Waals surface area (Å²) in [5.74, 6) is -0.323. The number of hydrogen-bond acceptors (Lipinski definition) is 4. The molecule has 0 bridgehead atoms. The Morgan fingerprint density at radius 1 is 1.37 bits per heavy atom. The van der Waals surface area contributed by atoms with Crippen LogP contribution in [0.5, 0.6) is 0 Å². The molecule has 0 radical (unpaired) electrons. The van der Waals surface area contributed by atoms with Gasteiger partial charge in [0.25, 0.3) is 0 Å².